The number of aryl methyl sites for hydroxylation is 2. The molecule has 0 aromatic carbocycles. The molecule has 100 valence electrons. The van der Waals surface area contributed by atoms with Crippen LogP contribution in [0.25, 0.3) is 0 Å². The van der Waals surface area contributed by atoms with Gasteiger partial charge in [0.05, 0.1) is 6.04 Å². The molecule has 0 aliphatic heterocycles. The molecular weight excluding hydrogens is 242 g/mol. The van der Waals surface area contributed by atoms with Crippen molar-refractivity contribution in [2.24, 2.45) is 13.0 Å². The third-order valence-corrected chi connectivity index (χ3v) is 3.43. The van der Waals surface area contributed by atoms with Crippen LogP contribution in [-0.2, 0) is 7.05 Å². The molecule has 0 bridgehead atoms. The first-order valence-electron chi connectivity index (χ1n) is 6.45. The minimum atomic E-state index is -0.173. The number of carbonyl (C=O) groups excluding carboxylic acids is 1. The van der Waals surface area contributed by atoms with Crippen molar-refractivity contribution < 1.29 is 4.79 Å². The second-order valence-corrected chi connectivity index (χ2v) is 5.10. The Labute approximate surface area is 111 Å². The molecular formula is C13H17N5O. The van der Waals surface area contributed by atoms with E-state index in [9.17, 15) is 4.79 Å². The van der Waals surface area contributed by atoms with E-state index in [1.165, 1.54) is 0 Å². The van der Waals surface area contributed by atoms with Gasteiger partial charge in [-0.3, -0.25) is 4.79 Å². The van der Waals surface area contributed by atoms with Crippen molar-refractivity contribution in [2.45, 2.75) is 25.8 Å². The highest BCUT2D eigenvalue weighted by Crippen LogP contribution is 2.40. The average Bonchev–Trinajstić information content (AvgIpc) is 3.00. The second kappa shape index (κ2) is 4.53. The normalized spacial score (nSPS) is 16.3. The van der Waals surface area contributed by atoms with Gasteiger partial charge in [-0.15, -0.1) is 0 Å². The van der Waals surface area contributed by atoms with E-state index in [2.05, 4.69) is 20.3 Å². The van der Waals surface area contributed by atoms with E-state index in [1.807, 2.05) is 24.7 Å². The predicted octanol–water partition coefficient (Wildman–Crippen LogP) is 1.33. The SMILES string of the molecule is Cc1cnc(C(=O)NC(c2nccn2C)C2CC2)[nH]1. The number of nitrogens with zero attached hydrogens (tertiary/aromatic N) is 3. The van der Waals surface area contributed by atoms with E-state index in [1.54, 1.807) is 12.4 Å². The van der Waals surface area contributed by atoms with Crippen molar-refractivity contribution in [2.75, 3.05) is 0 Å². The molecule has 1 fully saturated rings. The quantitative estimate of drug-likeness (QED) is 0.869. The summed E-state index contributed by atoms with van der Waals surface area (Å²) in [6, 6.07) is -0.0297. The number of carbonyl (C=O) groups is 1. The van der Waals surface area contributed by atoms with Crippen LogP contribution in [0, 0.1) is 12.8 Å². The van der Waals surface area contributed by atoms with Crippen molar-refractivity contribution in [3.05, 3.63) is 35.9 Å². The van der Waals surface area contributed by atoms with Crippen molar-refractivity contribution in [1.29, 1.82) is 0 Å². The predicted molar refractivity (Wildman–Crippen MR) is 69.5 cm³/mol. The highest BCUT2D eigenvalue weighted by atomic mass is 16.2. The number of aromatic nitrogens is 4. The summed E-state index contributed by atoms with van der Waals surface area (Å²) >= 11 is 0. The van der Waals surface area contributed by atoms with Gasteiger partial charge < -0.3 is 14.9 Å². The molecule has 2 aromatic heterocycles. The third kappa shape index (κ3) is 2.38. The molecule has 1 aliphatic carbocycles. The standard InChI is InChI=1S/C13H17N5O/c1-8-7-15-11(16-8)13(19)17-10(9-3-4-9)12-14-5-6-18(12)2/h5-7,9-10H,3-4H2,1-2H3,(H,15,16)(H,17,19). The molecule has 2 aromatic rings. The van der Waals surface area contributed by atoms with Crippen LogP contribution in [0.4, 0.5) is 0 Å². The number of rotatable bonds is 4. The minimum absolute atomic E-state index is 0.0297. The number of imidazole rings is 2. The van der Waals surface area contributed by atoms with Crippen molar-refractivity contribution >= 4 is 5.91 Å². The van der Waals surface area contributed by atoms with Gasteiger partial charge >= 0.3 is 0 Å². The zero-order valence-corrected chi connectivity index (χ0v) is 11.1. The van der Waals surface area contributed by atoms with Crippen LogP contribution in [0.15, 0.2) is 18.6 Å². The molecule has 6 nitrogen and oxygen atoms in total. The van der Waals surface area contributed by atoms with Crippen molar-refractivity contribution in [1.82, 2.24) is 24.8 Å². The van der Waals surface area contributed by atoms with Crippen LogP contribution in [0.5, 0.6) is 0 Å². The Balaban J connectivity index is 1.79. The molecule has 19 heavy (non-hydrogen) atoms. The number of nitrogens with one attached hydrogen (secondary N) is 2. The molecule has 1 atom stereocenters. The largest absolute Gasteiger partial charge is 0.339 e. The number of H-pyrrole nitrogens is 1. The lowest BCUT2D eigenvalue weighted by Gasteiger charge is -2.17. The van der Waals surface area contributed by atoms with E-state index in [0.717, 1.165) is 24.4 Å². The fourth-order valence-electron chi connectivity index (χ4n) is 2.24. The van der Waals surface area contributed by atoms with Gasteiger partial charge in [-0.05, 0) is 25.7 Å². The molecule has 1 aliphatic rings. The summed E-state index contributed by atoms with van der Waals surface area (Å²) in [6.45, 7) is 1.88. The van der Waals surface area contributed by atoms with E-state index in [0.29, 0.717) is 11.7 Å². The van der Waals surface area contributed by atoms with Gasteiger partial charge in [0, 0.05) is 31.3 Å². The maximum Gasteiger partial charge on any atom is 0.287 e. The summed E-state index contributed by atoms with van der Waals surface area (Å²) in [4.78, 5) is 23.5. The molecule has 1 unspecified atom stereocenters. The van der Waals surface area contributed by atoms with Crippen LogP contribution in [0.2, 0.25) is 0 Å². The monoisotopic (exact) mass is 259 g/mol. The minimum Gasteiger partial charge on any atom is -0.339 e. The maximum absolute atomic E-state index is 12.2. The van der Waals surface area contributed by atoms with Crippen LogP contribution < -0.4 is 5.32 Å². The lowest BCUT2D eigenvalue weighted by molar-refractivity contribution is 0.0919. The second-order valence-electron chi connectivity index (χ2n) is 5.10. The van der Waals surface area contributed by atoms with E-state index in [-0.39, 0.29) is 11.9 Å². The summed E-state index contributed by atoms with van der Waals surface area (Å²) in [5, 5.41) is 3.04. The lowest BCUT2D eigenvalue weighted by Crippen LogP contribution is -2.32. The molecule has 3 rings (SSSR count). The van der Waals surface area contributed by atoms with Gasteiger partial charge in [0.2, 0.25) is 0 Å². The Morgan fingerprint density at radius 3 is 2.84 bits per heavy atom. The van der Waals surface area contributed by atoms with Gasteiger partial charge in [0.15, 0.2) is 5.82 Å². The Morgan fingerprint density at radius 2 is 2.32 bits per heavy atom. The smallest absolute Gasteiger partial charge is 0.287 e. The molecule has 2 N–H and O–H groups in total. The number of aromatic amines is 1. The molecule has 1 saturated carbocycles. The number of amides is 1. The number of hydrogen-bond donors (Lipinski definition) is 2. The zero-order chi connectivity index (χ0) is 13.4. The molecule has 6 heteroatoms. The molecule has 0 spiro atoms. The fourth-order valence-corrected chi connectivity index (χ4v) is 2.24. The summed E-state index contributed by atoms with van der Waals surface area (Å²) < 4.78 is 1.96. The van der Waals surface area contributed by atoms with Crippen LogP contribution >= 0.6 is 0 Å². The average molecular weight is 259 g/mol. The maximum atomic E-state index is 12.2. The van der Waals surface area contributed by atoms with Gasteiger partial charge in [-0.25, -0.2) is 9.97 Å². The molecule has 1 amide bonds. The summed E-state index contributed by atoms with van der Waals surface area (Å²) in [5.74, 6) is 1.57. The highest BCUT2D eigenvalue weighted by molar-refractivity contribution is 5.90. The Morgan fingerprint density at radius 1 is 1.53 bits per heavy atom. The fraction of sp³-hybridized carbons (Fsp3) is 0.462. The number of hydrogen-bond acceptors (Lipinski definition) is 3. The molecule has 0 saturated heterocycles. The van der Waals surface area contributed by atoms with Gasteiger partial charge in [0.25, 0.3) is 5.91 Å². The Hall–Kier alpha value is -2.11. The topological polar surface area (TPSA) is 75.6 Å². The van der Waals surface area contributed by atoms with Crippen LogP contribution in [0.1, 0.15) is 41.0 Å². The summed E-state index contributed by atoms with van der Waals surface area (Å²) in [5.41, 5.74) is 0.880. The Bertz CT molecular complexity index is 596. The molecule has 0 radical (unpaired) electrons. The first kappa shape index (κ1) is 12.0. The van der Waals surface area contributed by atoms with Crippen molar-refractivity contribution in [3.8, 4) is 0 Å². The van der Waals surface area contributed by atoms with Crippen molar-refractivity contribution in [3.63, 3.8) is 0 Å². The van der Waals surface area contributed by atoms with Gasteiger partial charge in [0.1, 0.15) is 5.82 Å². The van der Waals surface area contributed by atoms with E-state index < -0.39 is 0 Å². The molecule has 2 heterocycles. The van der Waals surface area contributed by atoms with Gasteiger partial charge in [-0.1, -0.05) is 0 Å². The lowest BCUT2D eigenvalue weighted by atomic mass is 10.1. The summed E-state index contributed by atoms with van der Waals surface area (Å²) in [6.07, 6.45) is 7.58. The van der Waals surface area contributed by atoms with E-state index >= 15 is 0 Å². The third-order valence-electron chi connectivity index (χ3n) is 3.43. The van der Waals surface area contributed by atoms with E-state index in [4.69, 9.17) is 0 Å². The van der Waals surface area contributed by atoms with Crippen LogP contribution in [0.3, 0.4) is 0 Å². The van der Waals surface area contributed by atoms with Crippen LogP contribution in [-0.4, -0.2) is 25.4 Å². The summed E-state index contributed by atoms with van der Waals surface area (Å²) in [7, 11) is 1.95. The van der Waals surface area contributed by atoms with Gasteiger partial charge in [-0.2, -0.15) is 0 Å². The first-order valence-corrected chi connectivity index (χ1v) is 6.45. The first-order chi connectivity index (χ1) is 9.15. The Kier molecular flexibility index (Phi) is 2.85. The zero-order valence-electron chi connectivity index (χ0n) is 11.1. The highest BCUT2D eigenvalue weighted by Gasteiger charge is 2.36.